The molecule has 0 saturated carbocycles. The molecule has 1 atom stereocenters. The van der Waals surface area contributed by atoms with Gasteiger partial charge < -0.3 is 5.11 Å². The van der Waals surface area contributed by atoms with Gasteiger partial charge in [0.1, 0.15) is 5.82 Å². The third kappa shape index (κ3) is 3.61. The van der Waals surface area contributed by atoms with Crippen LogP contribution in [0.5, 0.6) is 0 Å². The first-order chi connectivity index (χ1) is 8.13. The molecular weight excluding hydrogens is 237 g/mol. The average Bonchev–Trinajstić information content (AvgIpc) is 2.68. The van der Waals surface area contributed by atoms with Gasteiger partial charge >= 0.3 is 0 Å². The molecule has 0 aliphatic rings. The molecule has 1 aromatic carbocycles. The molecule has 4 heteroatoms. The van der Waals surface area contributed by atoms with Crippen LogP contribution in [0.15, 0.2) is 30.5 Å². The van der Waals surface area contributed by atoms with Crippen molar-refractivity contribution in [2.45, 2.75) is 25.9 Å². The summed E-state index contributed by atoms with van der Waals surface area (Å²) >= 11 is 1.60. The van der Waals surface area contributed by atoms with Crippen LogP contribution in [0.3, 0.4) is 0 Å². The van der Waals surface area contributed by atoms with E-state index in [0.717, 1.165) is 15.4 Å². The maximum atomic E-state index is 12.7. The van der Waals surface area contributed by atoms with Gasteiger partial charge in [-0.05, 0) is 24.6 Å². The lowest BCUT2D eigenvalue weighted by Gasteiger charge is -1.99. The minimum Gasteiger partial charge on any atom is -0.393 e. The third-order valence-corrected chi connectivity index (χ3v) is 3.39. The summed E-state index contributed by atoms with van der Waals surface area (Å²) in [5.74, 6) is -0.220. The van der Waals surface area contributed by atoms with E-state index in [2.05, 4.69) is 4.98 Å². The van der Waals surface area contributed by atoms with E-state index >= 15 is 0 Å². The zero-order chi connectivity index (χ0) is 12.3. The number of aliphatic hydroxyl groups is 1. The number of aromatic nitrogens is 1. The van der Waals surface area contributed by atoms with E-state index in [1.54, 1.807) is 36.6 Å². The molecule has 0 spiro atoms. The van der Waals surface area contributed by atoms with E-state index in [9.17, 15) is 9.50 Å². The second kappa shape index (κ2) is 5.38. The number of benzene rings is 1. The largest absolute Gasteiger partial charge is 0.393 e. The summed E-state index contributed by atoms with van der Waals surface area (Å²) in [5.41, 5.74) is 1.05. The van der Waals surface area contributed by atoms with E-state index < -0.39 is 0 Å². The smallest absolute Gasteiger partial charge is 0.123 e. The van der Waals surface area contributed by atoms with Gasteiger partial charge in [0, 0.05) is 23.9 Å². The van der Waals surface area contributed by atoms with Crippen molar-refractivity contribution in [3.63, 3.8) is 0 Å². The molecule has 0 bridgehead atoms. The Kier molecular flexibility index (Phi) is 3.86. The Labute approximate surface area is 104 Å². The maximum absolute atomic E-state index is 12.7. The summed E-state index contributed by atoms with van der Waals surface area (Å²) in [6, 6.07) is 6.45. The molecular formula is C13H14FNOS. The molecule has 1 heterocycles. The molecule has 1 unspecified atom stereocenters. The lowest BCUT2D eigenvalue weighted by atomic mass is 10.2. The molecule has 90 valence electrons. The van der Waals surface area contributed by atoms with Crippen molar-refractivity contribution >= 4 is 11.3 Å². The highest BCUT2D eigenvalue weighted by atomic mass is 32.1. The van der Waals surface area contributed by atoms with Crippen LogP contribution in [-0.4, -0.2) is 16.2 Å². The zero-order valence-corrected chi connectivity index (χ0v) is 10.4. The molecule has 0 fully saturated rings. The Morgan fingerprint density at radius 1 is 1.35 bits per heavy atom. The fraction of sp³-hybridized carbons (Fsp3) is 0.308. The summed E-state index contributed by atoms with van der Waals surface area (Å²) in [6.07, 6.45) is 2.82. The van der Waals surface area contributed by atoms with E-state index in [-0.39, 0.29) is 11.9 Å². The lowest BCUT2D eigenvalue weighted by Crippen LogP contribution is -2.01. The predicted octanol–water partition coefficient (Wildman–Crippen LogP) is 2.80. The van der Waals surface area contributed by atoms with Crippen LogP contribution >= 0.6 is 11.3 Å². The molecule has 0 radical (unpaired) electrons. The summed E-state index contributed by atoms with van der Waals surface area (Å²) < 4.78 is 12.7. The van der Waals surface area contributed by atoms with Gasteiger partial charge in [-0.3, -0.25) is 0 Å². The topological polar surface area (TPSA) is 33.1 Å². The monoisotopic (exact) mass is 251 g/mol. The Hall–Kier alpha value is -1.26. The normalized spacial score (nSPS) is 12.6. The quantitative estimate of drug-likeness (QED) is 0.906. The van der Waals surface area contributed by atoms with Gasteiger partial charge in [-0.25, -0.2) is 9.37 Å². The van der Waals surface area contributed by atoms with Gasteiger partial charge in [-0.2, -0.15) is 0 Å². The molecule has 0 aliphatic heterocycles. The van der Waals surface area contributed by atoms with Crippen LogP contribution in [0, 0.1) is 5.82 Å². The van der Waals surface area contributed by atoms with Gasteiger partial charge in [0.15, 0.2) is 0 Å². The summed E-state index contributed by atoms with van der Waals surface area (Å²) in [7, 11) is 0. The third-order valence-electron chi connectivity index (χ3n) is 2.37. The van der Waals surface area contributed by atoms with Gasteiger partial charge in [-0.1, -0.05) is 12.1 Å². The SMILES string of the molecule is CC(O)Cc1cnc(Cc2ccc(F)cc2)s1. The summed E-state index contributed by atoms with van der Waals surface area (Å²) in [4.78, 5) is 5.38. The van der Waals surface area contributed by atoms with Crippen molar-refractivity contribution in [1.29, 1.82) is 0 Å². The molecule has 0 aliphatic carbocycles. The Balaban J connectivity index is 2.03. The maximum Gasteiger partial charge on any atom is 0.123 e. The number of hydrogen-bond acceptors (Lipinski definition) is 3. The van der Waals surface area contributed by atoms with Gasteiger partial charge in [-0.15, -0.1) is 11.3 Å². The Morgan fingerprint density at radius 2 is 2.06 bits per heavy atom. The molecule has 1 aromatic heterocycles. The minimum atomic E-state index is -0.339. The fourth-order valence-corrected chi connectivity index (χ4v) is 2.67. The number of halogens is 1. The molecule has 0 saturated heterocycles. The highest BCUT2D eigenvalue weighted by Crippen LogP contribution is 2.18. The summed E-state index contributed by atoms with van der Waals surface area (Å²) in [5, 5.41) is 10.3. The van der Waals surface area contributed by atoms with Crippen molar-refractivity contribution in [2.75, 3.05) is 0 Å². The van der Waals surface area contributed by atoms with E-state index in [0.29, 0.717) is 12.8 Å². The number of hydrogen-bond donors (Lipinski definition) is 1. The summed E-state index contributed by atoms with van der Waals surface area (Å²) in [6.45, 7) is 1.76. The van der Waals surface area contributed by atoms with Gasteiger partial charge in [0.05, 0.1) is 11.1 Å². The van der Waals surface area contributed by atoms with Crippen molar-refractivity contribution in [2.24, 2.45) is 0 Å². The van der Waals surface area contributed by atoms with Crippen LogP contribution in [0.2, 0.25) is 0 Å². The lowest BCUT2D eigenvalue weighted by molar-refractivity contribution is 0.196. The highest BCUT2D eigenvalue weighted by molar-refractivity contribution is 7.11. The van der Waals surface area contributed by atoms with Crippen molar-refractivity contribution in [3.8, 4) is 0 Å². The van der Waals surface area contributed by atoms with Crippen LogP contribution in [0.1, 0.15) is 22.4 Å². The van der Waals surface area contributed by atoms with Crippen molar-refractivity contribution < 1.29 is 9.50 Å². The second-order valence-electron chi connectivity index (χ2n) is 4.08. The highest BCUT2D eigenvalue weighted by Gasteiger charge is 2.05. The van der Waals surface area contributed by atoms with Crippen LogP contribution in [-0.2, 0) is 12.8 Å². The molecule has 2 nitrogen and oxygen atoms in total. The number of nitrogens with zero attached hydrogens (tertiary/aromatic N) is 1. The first kappa shape index (κ1) is 12.2. The first-order valence-electron chi connectivity index (χ1n) is 5.49. The van der Waals surface area contributed by atoms with E-state index in [4.69, 9.17) is 0 Å². The first-order valence-corrected chi connectivity index (χ1v) is 6.31. The van der Waals surface area contributed by atoms with Crippen LogP contribution in [0.4, 0.5) is 4.39 Å². The molecule has 1 N–H and O–H groups in total. The van der Waals surface area contributed by atoms with Crippen molar-refractivity contribution in [3.05, 3.63) is 51.7 Å². The second-order valence-corrected chi connectivity index (χ2v) is 5.28. The average molecular weight is 251 g/mol. The molecule has 0 amide bonds. The Morgan fingerprint density at radius 3 is 2.71 bits per heavy atom. The predicted molar refractivity (Wildman–Crippen MR) is 66.7 cm³/mol. The van der Waals surface area contributed by atoms with Gasteiger partial charge in [0.2, 0.25) is 0 Å². The zero-order valence-electron chi connectivity index (χ0n) is 9.56. The number of thiazole rings is 1. The molecule has 2 aromatic rings. The number of aliphatic hydroxyl groups excluding tert-OH is 1. The van der Waals surface area contributed by atoms with E-state index in [1.807, 2.05) is 0 Å². The van der Waals surface area contributed by atoms with Gasteiger partial charge in [0.25, 0.3) is 0 Å². The van der Waals surface area contributed by atoms with Crippen LogP contribution in [0.25, 0.3) is 0 Å². The number of rotatable bonds is 4. The van der Waals surface area contributed by atoms with Crippen molar-refractivity contribution in [1.82, 2.24) is 4.98 Å². The van der Waals surface area contributed by atoms with Crippen LogP contribution < -0.4 is 0 Å². The Bertz CT molecular complexity index is 478. The van der Waals surface area contributed by atoms with E-state index in [1.165, 1.54) is 12.1 Å². The molecule has 17 heavy (non-hydrogen) atoms. The molecule has 2 rings (SSSR count). The fourth-order valence-electron chi connectivity index (χ4n) is 1.59. The standard InChI is InChI=1S/C13H14FNOS/c1-9(16)6-12-8-15-13(17-12)7-10-2-4-11(14)5-3-10/h2-5,8-9,16H,6-7H2,1H3. The minimum absolute atomic E-state index is 0.220.